The molecule has 0 aliphatic heterocycles. The van der Waals surface area contributed by atoms with Gasteiger partial charge in [0.15, 0.2) is 0 Å². The lowest BCUT2D eigenvalue weighted by atomic mass is 10.0. The summed E-state index contributed by atoms with van der Waals surface area (Å²) in [6.45, 7) is 3.86. The third kappa shape index (κ3) is 3.13. The molecule has 2 heterocycles. The van der Waals surface area contributed by atoms with E-state index < -0.39 is 5.91 Å². The molecule has 0 saturated heterocycles. The van der Waals surface area contributed by atoms with Gasteiger partial charge < -0.3 is 10.3 Å². The summed E-state index contributed by atoms with van der Waals surface area (Å²) < 4.78 is 5.11. The van der Waals surface area contributed by atoms with E-state index in [1.54, 1.807) is 6.07 Å². The van der Waals surface area contributed by atoms with Crippen molar-refractivity contribution in [2.45, 2.75) is 26.7 Å². The number of anilines is 1. The molecule has 0 atom stereocenters. The predicted molar refractivity (Wildman–Crippen MR) is 81.0 cm³/mol. The summed E-state index contributed by atoms with van der Waals surface area (Å²) in [5.41, 5.74) is 5.86. The molecular weight excluding hydrogens is 290 g/mol. The maximum absolute atomic E-state index is 12.1. The number of primary amides is 1. The summed E-state index contributed by atoms with van der Waals surface area (Å²) in [6.07, 6.45) is 1.42. The van der Waals surface area contributed by atoms with E-state index in [1.807, 2.05) is 25.3 Å². The molecule has 2 aromatic rings. The standard InChI is InChI=1S/C14H17N3O3S/c1-3-8(4-2)13(19)16-14-10(12(15)18)11(17-20-14)9-6-5-7-21-9/h5-8H,3-4H2,1-2H3,(H2,15,18)(H,16,19). The van der Waals surface area contributed by atoms with Crippen molar-refractivity contribution in [3.05, 3.63) is 23.1 Å². The van der Waals surface area contributed by atoms with Crippen LogP contribution in [0.15, 0.2) is 22.0 Å². The molecular formula is C14H17N3O3S. The second-order valence-corrected chi connectivity index (χ2v) is 5.53. The van der Waals surface area contributed by atoms with Crippen molar-refractivity contribution < 1.29 is 14.1 Å². The molecule has 0 bridgehead atoms. The molecule has 0 saturated carbocycles. The Labute approximate surface area is 126 Å². The topological polar surface area (TPSA) is 98.2 Å². The second kappa shape index (κ2) is 6.53. The van der Waals surface area contributed by atoms with Crippen molar-refractivity contribution in [1.82, 2.24) is 5.16 Å². The minimum Gasteiger partial charge on any atom is -0.365 e. The molecule has 0 radical (unpaired) electrons. The van der Waals surface area contributed by atoms with Crippen LogP contribution < -0.4 is 11.1 Å². The maximum atomic E-state index is 12.1. The first-order valence-electron chi connectivity index (χ1n) is 6.72. The van der Waals surface area contributed by atoms with E-state index in [9.17, 15) is 9.59 Å². The minimum absolute atomic E-state index is 0.0165. The number of hydrogen-bond acceptors (Lipinski definition) is 5. The van der Waals surface area contributed by atoms with Gasteiger partial charge in [0.25, 0.3) is 5.91 Å². The molecule has 0 aromatic carbocycles. The second-order valence-electron chi connectivity index (χ2n) is 4.58. The highest BCUT2D eigenvalue weighted by Crippen LogP contribution is 2.31. The summed E-state index contributed by atoms with van der Waals surface area (Å²) in [5, 5.41) is 8.33. The van der Waals surface area contributed by atoms with Crippen LogP contribution in [0.2, 0.25) is 0 Å². The van der Waals surface area contributed by atoms with Gasteiger partial charge in [0.1, 0.15) is 11.3 Å². The largest absolute Gasteiger partial charge is 0.365 e. The van der Waals surface area contributed by atoms with E-state index in [1.165, 1.54) is 11.3 Å². The van der Waals surface area contributed by atoms with Crippen LogP contribution in [0.5, 0.6) is 0 Å². The van der Waals surface area contributed by atoms with Crippen molar-refractivity contribution >= 4 is 29.0 Å². The van der Waals surface area contributed by atoms with Gasteiger partial charge in [0, 0.05) is 5.92 Å². The molecule has 0 unspecified atom stereocenters. The fourth-order valence-corrected chi connectivity index (χ4v) is 2.77. The number of hydrogen-bond donors (Lipinski definition) is 2. The molecule has 0 aliphatic carbocycles. The zero-order valence-corrected chi connectivity index (χ0v) is 12.7. The Morgan fingerprint density at radius 2 is 2.14 bits per heavy atom. The molecule has 7 heteroatoms. The number of nitrogens with one attached hydrogen (secondary N) is 1. The molecule has 21 heavy (non-hydrogen) atoms. The Balaban J connectivity index is 2.33. The summed E-state index contributed by atoms with van der Waals surface area (Å²) in [4.78, 5) is 24.5. The SMILES string of the molecule is CCC(CC)C(=O)Nc1onc(-c2cccs2)c1C(N)=O. The first-order chi connectivity index (χ1) is 10.1. The number of carbonyl (C=O) groups excluding carboxylic acids is 2. The highest BCUT2D eigenvalue weighted by molar-refractivity contribution is 7.13. The third-order valence-electron chi connectivity index (χ3n) is 3.29. The lowest BCUT2D eigenvalue weighted by molar-refractivity contribution is -0.120. The molecule has 2 amide bonds. The molecule has 112 valence electrons. The van der Waals surface area contributed by atoms with Crippen molar-refractivity contribution in [3.63, 3.8) is 0 Å². The van der Waals surface area contributed by atoms with E-state index >= 15 is 0 Å². The number of thiophene rings is 1. The number of rotatable bonds is 6. The van der Waals surface area contributed by atoms with Gasteiger partial charge in [0.05, 0.1) is 4.88 Å². The average Bonchev–Trinajstić information content (AvgIpc) is 3.08. The average molecular weight is 307 g/mol. The Hall–Kier alpha value is -2.15. The smallest absolute Gasteiger partial charge is 0.256 e. The van der Waals surface area contributed by atoms with Gasteiger partial charge in [-0.1, -0.05) is 25.1 Å². The third-order valence-corrected chi connectivity index (χ3v) is 4.16. The van der Waals surface area contributed by atoms with Crippen molar-refractivity contribution in [3.8, 4) is 10.6 Å². The number of amides is 2. The van der Waals surface area contributed by atoms with Gasteiger partial charge >= 0.3 is 0 Å². The highest BCUT2D eigenvalue weighted by Gasteiger charge is 2.25. The Morgan fingerprint density at radius 3 is 2.67 bits per heavy atom. The quantitative estimate of drug-likeness (QED) is 0.857. The van der Waals surface area contributed by atoms with Gasteiger partial charge in [-0.05, 0) is 24.3 Å². The molecule has 0 fully saturated rings. The van der Waals surface area contributed by atoms with Crippen LogP contribution in [-0.4, -0.2) is 17.0 Å². The van der Waals surface area contributed by atoms with Gasteiger partial charge in [-0.3, -0.25) is 14.9 Å². The van der Waals surface area contributed by atoms with Crippen molar-refractivity contribution in [1.29, 1.82) is 0 Å². The van der Waals surface area contributed by atoms with Crippen LogP contribution in [0.1, 0.15) is 37.0 Å². The summed E-state index contributed by atoms with van der Waals surface area (Å²) in [5.74, 6) is -1.00. The zero-order valence-electron chi connectivity index (χ0n) is 11.9. The van der Waals surface area contributed by atoms with E-state index in [4.69, 9.17) is 10.3 Å². The van der Waals surface area contributed by atoms with Crippen LogP contribution in [0.4, 0.5) is 5.88 Å². The first-order valence-corrected chi connectivity index (χ1v) is 7.60. The molecule has 2 rings (SSSR count). The molecule has 6 nitrogen and oxygen atoms in total. The van der Waals surface area contributed by atoms with Crippen LogP contribution in [0.25, 0.3) is 10.6 Å². The maximum Gasteiger partial charge on any atom is 0.256 e. The molecule has 3 N–H and O–H groups in total. The zero-order chi connectivity index (χ0) is 15.4. The van der Waals surface area contributed by atoms with Gasteiger partial charge in [-0.25, -0.2) is 0 Å². The highest BCUT2D eigenvalue weighted by atomic mass is 32.1. The van der Waals surface area contributed by atoms with Crippen molar-refractivity contribution in [2.24, 2.45) is 11.7 Å². The Kier molecular flexibility index (Phi) is 4.74. The number of carbonyl (C=O) groups is 2. The van der Waals surface area contributed by atoms with E-state index in [0.717, 1.165) is 4.88 Å². The summed E-state index contributed by atoms with van der Waals surface area (Å²) >= 11 is 1.41. The molecule has 0 aliphatic rings. The van der Waals surface area contributed by atoms with Crippen LogP contribution in [0, 0.1) is 5.92 Å². The normalized spacial score (nSPS) is 10.8. The predicted octanol–water partition coefficient (Wildman–Crippen LogP) is 2.88. The number of nitrogens with zero attached hydrogens (tertiary/aromatic N) is 1. The number of aromatic nitrogens is 1. The Bertz CT molecular complexity index is 630. The lowest BCUT2D eigenvalue weighted by Crippen LogP contribution is -2.23. The fourth-order valence-electron chi connectivity index (χ4n) is 2.06. The van der Waals surface area contributed by atoms with Crippen LogP contribution >= 0.6 is 11.3 Å². The number of nitrogens with two attached hydrogens (primary N) is 1. The van der Waals surface area contributed by atoms with Gasteiger partial charge in [0.2, 0.25) is 11.8 Å². The van der Waals surface area contributed by atoms with Gasteiger partial charge in [-0.15, -0.1) is 11.3 Å². The summed E-state index contributed by atoms with van der Waals surface area (Å²) in [7, 11) is 0. The monoisotopic (exact) mass is 307 g/mol. The fraction of sp³-hybridized carbons (Fsp3) is 0.357. The van der Waals surface area contributed by atoms with Crippen LogP contribution in [-0.2, 0) is 4.79 Å². The molecule has 0 spiro atoms. The van der Waals surface area contributed by atoms with Crippen molar-refractivity contribution in [2.75, 3.05) is 5.32 Å². The summed E-state index contributed by atoms with van der Waals surface area (Å²) in [6, 6.07) is 3.64. The van der Waals surface area contributed by atoms with E-state index in [-0.39, 0.29) is 23.3 Å². The molecule has 2 aromatic heterocycles. The van der Waals surface area contributed by atoms with Crippen LogP contribution in [0.3, 0.4) is 0 Å². The van der Waals surface area contributed by atoms with E-state index in [0.29, 0.717) is 18.5 Å². The minimum atomic E-state index is -0.681. The van der Waals surface area contributed by atoms with E-state index in [2.05, 4.69) is 10.5 Å². The lowest BCUT2D eigenvalue weighted by Gasteiger charge is -2.10. The first kappa shape index (κ1) is 15.2. The van der Waals surface area contributed by atoms with Gasteiger partial charge in [-0.2, -0.15) is 0 Å². The Morgan fingerprint density at radius 1 is 1.43 bits per heavy atom.